The molecule has 4 N–H and O–H groups in total. The van der Waals surface area contributed by atoms with E-state index in [0.29, 0.717) is 24.2 Å². The highest BCUT2D eigenvalue weighted by atomic mass is 16.3. The number of hydrogen-bond donors (Lipinski definition) is 3. The summed E-state index contributed by atoms with van der Waals surface area (Å²) < 4.78 is 5.29. The molecule has 3 rings (SSSR count). The van der Waals surface area contributed by atoms with Crippen LogP contribution in [0.15, 0.2) is 59.3 Å². The van der Waals surface area contributed by atoms with Crippen LogP contribution in [0.4, 0.5) is 5.95 Å². The molecule has 0 saturated carbocycles. The molecule has 7 heteroatoms. The maximum atomic E-state index is 12.6. The number of aliphatic hydroxyl groups is 1. The molecule has 26 heavy (non-hydrogen) atoms. The number of furan rings is 1. The molecule has 0 aliphatic carbocycles. The number of carbonyl (C=O) groups is 1. The van der Waals surface area contributed by atoms with Gasteiger partial charge in [-0.1, -0.05) is 30.3 Å². The second-order valence-electron chi connectivity index (χ2n) is 5.90. The van der Waals surface area contributed by atoms with Crippen molar-refractivity contribution in [1.82, 2.24) is 15.3 Å². The van der Waals surface area contributed by atoms with Gasteiger partial charge in [-0.3, -0.25) is 4.79 Å². The molecule has 0 spiro atoms. The summed E-state index contributed by atoms with van der Waals surface area (Å²) in [6.45, 7) is 0.236. The standard InChI is InChI=1S/C19H20N4O3/c20-19-22-11-16(17(23-19)14-5-2-1-3-6-14)18(25)21-10-13(12-24)9-15-7-4-8-26-15/h1-8,11,13,24H,9-10,12H2,(H,21,25)(H2,20,22,23). The number of amides is 1. The van der Waals surface area contributed by atoms with Gasteiger partial charge in [0.25, 0.3) is 5.91 Å². The van der Waals surface area contributed by atoms with E-state index < -0.39 is 0 Å². The fourth-order valence-corrected chi connectivity index (χ4v) is 2.62. The summed E-state index contributed by atoms with van der Waals surface area (Å²) in [5, 5.41) is 12.4. The molecule has 2 heterocycles. The van der Waals surface area contributed by atoms with Crippen molar-refractivity contribution >= 4 is 11.9 Å². The number of nitrogens with two attached hydrogens (primary N) is 1. The third-order valence-corrected chi connectivity index (χ3v) is 3.98. The fourth-order valence-electron chi connectivity index (χ4n) is 2.62. The number of hydrogen-bond acceptors (Lipinski definition) is 6. The summed E-state index contributed by atoms with van der Waals surface area (Å²) in [7, 11) is 0. The Labute approximate surface area is 150 Å². The number of carbonyl (C=O) groups excluding carboxylic acids is 1. The molecule has 0 saturated heterocycles. The molecule has 1 aromatic carbocycles. The number of benzene rings is 1. The molecule has 1 unspecified atom stereocenters. The molecule has 134 valence electrons. The maximum absolute atomic E-state index is 12.6. The first-order chi connectivity index (χ1) is 12.7. The zero-order chi connectivity index (χ0) is 18.4. The summed E-state index contributed by atoms with van der Waals surface area (Å²) in [5.74, 6) is 0.396. The SMILES string of the molecule is Nc1ncc(C(=O)NCC(CO)Cc2ccco2)c(-c2ccccc2)n1. The van der Waals surface area contributed by atoms with E-state index in [-0.39, 0.29) is 24.4 Å². The zero-order valence-electron chi connectivity index (χ0n) is 14.1. The Balaban J connectivity index is 1.73. The van der Waals surface area contributed by atoms with E-state index in [9.17, 15) is 9.90 Å². The summed E-state index contributed by atoms with van der Waals surface area (Å²) in [6, 6.07) is 12.9. The molecule has 2 aromatic heterocycles. The molecule has 3 aromatic rings. The lowest BCUT2D eigenvalue weighted by Crippen LogP contribution is -2.32. The van der Waals surface area contributed by atoms with Gasteiger partial charge in [-0.25, -0.2) is 9.97 Å². The van der Waals surface area contributed by atoms with E-state index in [0.717, 1.165) is 11.3 Å². The minimum absolute atomic E-state index is 0.0647. The van der Waals surface area contributed by atoms with Crippen LogP contribution in [0, 0.1) is 5.92 Å². The van der Waals surface area contributed by atoms with Crippen molar-refractivity contribution in [3.63, 3.8) is 0 Å². The van der Waals surface area contributed by atoms with Crippen LogP contribution in [-0.4, -0.2) is 34.1 Å². The van der Waals surface area contributed by atoms with E-state index in [1.165, 1.54) is 6.20 Å². The number of aromatic nitrogens is 2. The van der Waals surface area contributed by atoms with E-state index in [1.54, 1.807) is 12.3 Å². The highest BCUT2D eigenvalue weighted by molar-refractivity contribution is 5.99. The number of rotatable bonds is 7. The molecule has 0 aliphatic rings. The molecule has 1 amide bonds. The predicted molar refractivity (Wildman–Crippen MR) is 97.2 cm³/mol. The van der Waals surface area contributed by atoms with E-state index >= 15 is 0 Å². The first-order valence-corrected chi connectivity index (χ1v) is 8.26. The second kappa shape index (κ2) is 8.26. The van der Waals surface area contributed by atoms with Gasteiger partial charge in [0.05, 0.1) is 17.5 Å². The van der Waals surface area contributed by atoms with Gasteiger partial charge in [-0.15, -0.1) is 0 Å². The Bertz CT molecular complexity index is 850. The Morgan fingerprint density at radius 3 is 2.73 bits per heavy atom. The van der Waals surface area contributed by atoms with Gasteiger partial charge in [0.1, 0.15) is 5.76 Å². The molecule has 0 aliphatic heterocycles. The Morgan fingerprint density at radius 1 is 1.23 bits per heavy atom. The first-order valence-electron chi connectivity index (χ1n) is 8.26. The van der Waals surface area contributed by atoms with Gasteiger partial charge in [-0.2, -0.15) is 0 Å². The molecular formula is C19H20N4O3. The van der Waals surface area contributed by atoms with Crippen molar-refractivity contribution < 1.29 is 14.3 Å². The summed E-state index contributed by atoms with van der Waals surface area (Å²) in [6.07, 6.45) is 3.54. The van der Waals surface area contributed by atoms with E-state index in [2.05, 4.69) is 15.3 Å². The lowest BCUT2D eigenvalue weighted by Gasteiger charge is -2.15. The highest BCUT2D eigenvalue weighted by Gasteiger charge is 2.18. The third-order valence-electron chi connectivity index (χ3n) is 3.98. The van der Waals surface area contributed by atoms with Crippen LogP contribution in [0.1, 0.15) is 16.1 Å². The number of nitrogens with one attached hydrogen (secondary N) is 1. The van der Waals surface area contributed by atoms with Crippen molar-refractivity contribution in [1.29, 1.82) is 0 Å². The van der Waals surface area contributed by atoms with Crippen LogP contribution >= 0.6 is 0 Å². The van der Waals surface area contributed by atoms with Crippen LogP contribution < -0.4 is 11.1 Å². The molecule has 0 bridgehead atoms. The quantitative estimate of drug-likeness (QED) is 0.598. The second-order valence-corrected chi connectivity index (χ2v) is 5.90. The Hall–Kier alpha value is -3.19. The normalized spacial score (nSPS) is 11.9. The van der Waals surface area contributed by atoms with Crippen molar-refractivity contribution in [2.24, 2.45) is 5.92 Å². The van der Waals surface area contributed by atoms with Crippen molar-refractivity contribution in [3.05, 3.63) is 66.2 Å². The molecule has 0 fully saturated rings. The molecular weight excluding hydrogens is 332 g/mol. The monoisotopic (exact) mass is 352 g/mol. The van der Waals surface area contributed by atoms with Gasteiger partial charge >= 0.3 is 0 Å². The lowest BCUT2D eigenvalue weighted by atomic mass is 10.0. The largest absolute Gasteiger partial charge is 0.469 e. The van der Waals surface area contributed by atoms with Gasteiger partial charge in [-0.05, 0) is 12.1 Å². The summed E-state index contributed by atoms with van der Waals surface area (Å²) in [5.41, 5.74) is 7.27. The topological polar surface area (TPSA) is 114 Å². The summed E-state index contributed by atoms with van der Waals surface area (Å²) >= 11 is 0. The predicted octanol–water partition coefficient (Wildman–Crippen LogP) is 1.90. The number of nitrogens with zero attached hydrogens (tertiary/aromatic N) is 2. The number of nitrogen functional groups attached to an aromatic ring is 1. The van der Waals surface area contributed by atoms with Crippen molar-refractivity contribution in [3.8, 4) is 11.3 Å². The van der Waals surface area contributed by atoms with Crippen molar-refractivity contribution in [2.75, 3.05) is 18.9 Å². The maximum Gasteiger partial charge on any atom is 0.255 e. The molecule has 0 radical (unpaired) electrons. The lowest BCUT2D eigenvalue weighted by molar-refractivity contribution is 0.0939. The smallest absolute Gasteiger partial charge is 0.255 e. The van der Waals surface area contributed by atoms with Crippen LogP contribution in [-0.2, 0) is 6.42 Å². The van der Waals surface area contributed by atoms with Crippen LogP contribution in [0.3, 0.4) is 0 Å². The van der Waals surface area contributed by atoms with Gasteiger partial charge in [0.15, 0.2) is 0 Å². The number of aliphatic hydroxyl groups excluding tert-OH is 1. The van der Waals surface area contributed by atoms with E-state index in [4.69, 9.17) is 10.2 Å². The number of anilines is 1. The Morgan fingerprint density at radius 2 is 2.04 bits per heavy atom. The Kier molecular flexibility index (Phi) is 5.60. The minimum Gasteiger partial charge on any atom is -0.469 e. The average molecular weight is 352 g/mol. The van der Waals surface area contributed by atoms with Crippen LogP contribution in [0.2, 0.25) is 0 Å². The average Bonchev–Trinajstić information content (AvgIpc) is 3.18. The minimum atomic E-state index is -0.318. The third kappa shape index (κ3) is 4.25. The zero-order valence-corrected chi connectivity index (χ0v) is 14.1. The van der Waals surface area contributed by atoms with Crippen LogP contribution in [0.25, 0.3) is 11.3 Å². The van der Waals surface area contributed by atoms with Gasteiger partial charge < -0.3 is 20.6 Å². The van der Waals surface area contributed by atoms with E-state index in [1.807, 2.05) is 36.4 Å². The highest BCUT2D eigenvalue weighted by Crippen LogP contribution is 2.21. The van der Waals surface area contributed by atoms with Crippen LogP contribution in [0.5, 0.6) is 0 Å². The van der Waals surface area contributed by atoms with Gasteiger partial charge in [0, 0.05) is 37.3 Å². The first kappa shape index (κ1) is 17.6. The molecule has 1 atom stereocenters. The summed E-state index contributed by atoms with van der Waals surface area (Å²) in [4.78, 5) is 20.8. The van der Waals surface area contributed by atoms with Crippen molar-refractivity contribution in [2.45, 2.75) is 6.42 Å². The van der Waals surface area contributed by atoms with Gasteiger partial charge in [0.2, 0.25) is 5.95 Å². The fraction of sp³-hybridized carbons (Fsp3) is 0.211. The molecule has 7 nitrogen and oxygen atoms in total.